The largest absolute Gasteiger partial charge is 0.339 e. The van der Waals surface area contributed by atoms with Crippen LogP contribution in [0.2, 0.25) is 5.28 Å². The molecule has 4 nitrogen and oxygen atoms in total. The molecule has 23 heavy (non-hydrogen) atoms. The third-order valence-corrected chi connectivity index (χ3v) is 5.73. The van der Waals surface area contributed by atoms with Crippen LogP contribution in [0.4, 0.5) is 11.5 Å². The molecule has 1 aromatic heterocycles. The van der Waals surface area contributed by atoms with Gasteiger partial charge >= 0.3 is 0 Å². The fourth-order valence-corrected chi connectivity index (χ4v) is 4.41. The lowest BCUT2D eigenvalue weighted by Crippen LogP contribution is -2.12. The molecule has 0 aliphatic rings. The molecule has 0 saturated heterocycles. The number of nitrogens with one attached hydrogen (secondary N) is 1. The first kappa shape index (κ1) is 16.4. The van der Waals surface area contributed by atoms with E-state index in [9.17, 15) is 4.57 Å². The predicted molar refractivity (Wildman–Crippen MR) is 101 cm³/mol. The Kier molecular flexibility index (Phi) is 4.45. The summed E-state index contributed by atoms with van der Waals surface area (Å²) in [6.07, 6.45) is 1.58. The van der Waals surface area contributed by atoms with Gasteiger partial charge in [-0.3, -0.25) is 0 Å². The fourth-order valence-electron chi connectivity index (χ4n) is 2.50. The average molecular weight is 411 g/mol. The maximum absolute atomic E-state index is 12.9. The summed E-state index contributed by atoms with van der Waals surface area (Å²) in [6.45, 7) is 3.53. The Morgan fingerprint density at radius 2 is 1.91 bits per heavy atom. The van der Waals surface area contributed by atoms with Gasteiger partial charge < -0.3 is 9.88 Å². The lowest BCUT2D eigenvalue weighted by atomic mass is 10.1. The molecule has 1 heterocycles. The lowest BCUT2D eigenvalue weighted by Gasteiger charge is -2.18. The molecule has 0 fully saturated rings. The molecule has 0 aliphatic carbocycles. The molecule has 0 saturated carbocycles. The summed E-state index contributed by atoms with van der Waals surface area (Å²) in [7, 11) is -2.52. The van der Waals surface area contributed by atoms with Crippen molar-refractivity contribution < 1.29 is 4.57 Å². The molecular formula is C16H14BrClN3OP. The van der Waals surface area contributed by atoms with Crippen molar-refractivity contribution in [3.63, 3.8) is 0 Å². The first-order valence-electron chi connectivity index (χ1n) is 6.88. The van der Waals surface area contributed by atoms with E-state index in [0.717, 1.165) is 21.8 Å². The average Bonchev–Trinajstić information content (AvgIpc) is 2.49. The highest BCUT2D eigenvalue weighted by atomic mass is 79.9. The molecule has 2 aromatic carbocycles. The van der Waals surface area contributed by atoms with Gasteiger partial charge in [-0.2, -0.15) is 4.98 Å². The van der Waals surface area contributed by atoms with Crippen LogP contribution in [0.3, 0.4) is 0 Å². The maximum atomic E-state index is 12.9. The summed E-state index contributed by atoms with van der Waals surface area (Å²) in [6, 6.07) is 11.8. The number of nitrogens with zero attached hydrogens (tertiary/aromatic N) is 2. The predicted octanol–water partition coefficient (Wildman–Crippen LogP) is 5.04. The number of hydrogen-bond acceptors (Lipinski definition) is 4. The second-order valence-corrected chi connectivity index (χ2v) is 9.84. The molecular weight excluding hydrogens is 397 g/mol. The SMILES string of the molecule is CP(C)(=O)c1c(Nc2nc(Cl)ncc2Br)ccc2ccccc12. The number of anilines is 2. The molecule has 0 radical (unpaired) electrons. The van der Waals surface area contributed by atoms with E-state index >= 15 is 0 Å². The van der Waals surface area contributed by atoms with E-state index in [2.05, 4.69) is 31.2 Å². The summed E-state index contributed by atoms with van der Waals surface area (Å²) >= 11 is 9.27. The topological polar surface area (TPSA) is 54.9 Å². The van der Waals surface area contributed by atoms with E-state index in [-0.39, 0.29) is 5.28 Å². The zero-order chi connectivity index (χ0) is 16.6. The monoisotopic (exact) mass is 409 g/mol. The van der Waals surface area contributed by atoms with Crippen LogP contribution in [0, 0.1) is 0 Å². The Morgan fingerprint density at radius 1 is 1.17 bits per heavy atom. The minimum atomic E-state index is -2.52. The molecule has 7 heteroatoms. The molecule has 0 spiro atoms. The van der Waals surface area contributed by atoms with Crippen molar-refractivity contribution in [1.82, 2.24) is 9.97 Å². The highest BCUT2D eigenvalue weighted by Crippen LogP contribution is 2.41. The Bertz CT molecular complexity index is 942. The Labute approximate surface area is 147 Å². The van der Waals surface area contributed by atoms with Gasteiger partial charge in [-0.15, -0.1) is 0 Å². The minimum Gasteiger partial charge on any atom is -0.339 e. The van der Waals surface area contributed by atoms with Gasteiger partial charge in [0.2, 0.25) is 5.28 Å². The van der Waals surface area contributed by atoms with Crippen LogP contribution in [0.25, 0.3) is 10.8 Å². The van der Waals surface area contributed by atoms with E-state index in [4.69, 9.17) is 11.6 Å². The van der Waals surface area contributed by atoms with Crippen molar-refractivity contribution in [2.24, 2.45) is 0 Å². The molecule has 0 unspecified atom stereocenters. The quantitative estimate of drug-likeness (QED) is 0.486. The summed E-state index contributed by atoms with van der Waals surface area (Å²) in [4.78, 5) is 8.09. The normalized spacial score (nSPS) is 11.7. The van der Waals surface area contributed by atoms with Gasteiger partial charge in [-0.05, 0) is 57.7 Å². The highest BCUT2D eigenvalue weighted by Gasteiger charge is 2.20. The van der Waals surface area contributed by atoms with Gasteiger partial charge in [0.15, 0.2) is 0 Å². The van der Waals surface area contributed by atoms with Crippen LogP contribution in [0.1, 0.15) is 0 Å². The highest BCUT2D eigenvalue weighted by molar-refractivity contribution is 9.10. The molecule has 118 valence electrons. The Morgan fingerprint density at radius 3 is 2.65 bits per heavy atom. The zero-order valence-electron chi connectivity index (χ0n) is 12.5. The van der Waals surface area contributed by atoms with E-state index in [1.165, 1.54) is 0 Å². The number of benzene rings is 2. The summed E-state index contributed by atoms with van der Waals surface area (Å²) in [5.41, 5.74) is 0.757. The summed E-state index contributed by atoms with van der Waals surface area (Å²) < 4.78 is 13.6. The number of fused-ring (bicyclic) bond motifs is 1. The summed E-state index contributed by atoms with van der Waals surface area (Å²) in [5.74, 6) is 0.537. The van der Waals surface area contributed by atoms with Crippen molar-refractivity contribution in [3.05, 3.63) is 52.4 Å². The van der Waals surface area contributed by atoms with E-state index in [1.807, 2.05) is 36.4 Å². The van der Waals surface area contributed by atoms with Gasteiger partial charge in [0, 0.05) is 11.5 Å². The number of aromatic nitrogens is 2. The van der Waals surface area contributed by atoms with Gasteiger partial charge in [0.05, 0.1) is 10.2 Å². The molecule has 3 rings (SSSR count). The molecule has 1 N–H and O–H groups in total. The van der Waals surface area contributed by atoms with Crippen LogP contribution < -0.4 is 10.6 Å². The number of halogens is 2. The first-order chi connectivity index (χ1) is 10.9. The van der Waals surface area contributed by atoms with Gasteiger partial charge in [-0.25, -0.2) is 4.98 Å². The van der Waals surface area contributed by atoms with Gasteiger partial charge in [0.1, 0.15) is 13.0 Å². The van der Waals surface area contributed by atoms with Crippen LogP contribution >= 0.6 is 34.7 Å². The molecule has 0 bridgehead atoms. The van der Waals surface area contributed by atoms with Crippen LogP contribution in [0.5, 0.6) is 0 Å². The smallest absolute Gasteiger partial charge is 0.224 e. The van der Waals surface area contributed by atoms with Gasteiger partial charge in [-0.1, -0.05) is 30.3 Å². The molecule has 0 atom stereocenters. The Hall–Kier alpha value is -1.42. The van der Waals surface area contributed by atoms with Gasteiger partial charge in [0.25, 0.3) is 0 Å². The third-order valence-electron chi connectivity index (χ3n) is 3.41. The first-order valence-corrected chi connectivity index (χ1v) is 10.7. The third kappa shape index (κ3) is 3.42. The van der Waals surface area contributed by atoms with E-state index in [1.54, 1.807) is 19.5 Å². The van der Waals surface area contributed by atoms with Crippen molar-refractivity contribution >= 4 is 62.3 Å². The zero-order valence-corrected chi connectivity index (χ0v) is 15.8. The second-order valence-electron chi connectivity index (χ2n) is 5.49. The van der Waals surface area contributed by atoms with E-state index < -0.39 is 7.14 Å². The standard InChI is InChI=1S/C16H14BrClN3OP/c1-23(2,22)14-11-6-4-3-5-10(11)7-8-13(14)20-15-12(17)9-19-16(18)21-15/h3-9H,1-2H3,(H,19,20,21). The summed E-state index contributed by atoms with van der Waals surface area (Å²) in [5, 5.41) is 6.20. The van der Waals surface area contributed by atoms with E-state index in [0.29, 0.717) is 10.3 Å². The number of hydrogen-bond donors (Lipinski definition) is 1. The minimum absolute atomic E-state index is 0.147. The Balaban J connectivity index is 2.21. The van der Waals surface area contributed by atoms with Crippen LogP contribution in [0.15, 0.2) is 47.1 Å². The van der Waals surface area contributed by atoms with Crippen LogP contribution in [-0.2, 0) is 4.57 Å². The van der Waals surface area contributed by atoms with Crippen molar-refractivity contribution in [3.8, 4) is 0 Å². The maximum Gasteiger partial charge on any atom is 0.224 e. The molecule has 3 aromatic rings. The fraction of sp³-hybridized carbons (Fsp3) is 0.125. The second kappa shape index (κ2) is 6.23. The number of rotatable bonds is 3. The van der Waals surface area contributed by atoms with Crippen molar-refractivity contribution in [2.45, 2.75) is 0 Å². The van der Waals surface area contributed by atoms with Crippen molar-refractivity contribution in [1.29, 1.82) is 0 Å². The van der Waals surface area contributed by atoms with Crippen molar-refractivity contribution in [2.75, 3.05) is 18.6 Å². The lowest BCUT2D eigenvalue weighted by molar-refractivity contribution is 0.588. The van der Waals surface area contributed by atoms with Crippen LogP contribution in [-0.4, -0.2) is 23.3 Å². The molecule has 0 amide bonds. The molecule has 0 aliphatic heterocycles.